The standard InChI is InChI=1S/2C28H34N2O4/c2*1-3-7-21-9-5-11-25-27(21)33-23(19-31-25)17-29-13-15-30(16-14-29)18-24-20-32-26-12-6-10-22(8-4-2)28(26)34-24/h2*3-6,9-12,23-24H,1-2,7-8,13-20H2. The number of hydrogen-bond donors (Lipinski definition) is 0. The molecule has 4 aromatic rings. The van der Waals surface area contributed by atoms with Gasteiger partial charge in [0.25, 0.3) is 0 Å². The molecule has 0 radical (unpaired) electrons. The number of piperazine rings is 2. The average Bonchev–Trinajstić information content (AvgIpc) is 3.36. The largest absolute Gasteiger partial charge is 0.486 e. The van der Waals surface area contributed by atoms with Gasteiger partial charge in [0, 0.05) is 101 Å². The quantitative estimate of drug-likeness (QED) is 0.105. The molecule has 0 amide bonds. The van der Waals surface area contributed by atoms with Crippen LogP contribution in [0.5, 0.6) is 46.0 Å². The number of benzene rings is 4. The summed E-state index contributed by atoms with van der Waals surface area (Å²) in [6, 6.07) is 24.3. The van der Waals surface area contributed by atoms with E-state index in [9.17, 15) is 0 Å². The molecular formula is C56H68N4O8. The van der Waals surface area contributed by atoms with Gasteiger partial charge in [-0.05, 0) is 49.9 Å². The highest BCUT2D eigenvalue weighted by molar-refractivity contribution is 5.51. The van der Waals surface area contributed by atoms with Crippen molar-refractivity contribution in [2.45, 2.75) is 50.1 Å². The summed E-state index contributed by atoms with van der Waals surface area (Å²) in [6.45, 7) is 29.3. The minimum Gasteiger partial charge on any atom is -0.486 e. The molecule has 12 heteroatoms. The van der Waals surface area contributed by atoms with Crippen LogP contribution in [0.3, 0.4) is 0 Å². The molecule has 2 saturated heterocycles. The Bertz CT molecular complexity index is 2030. The summed E-state index contributed by atoms with van der Waals surface area (Å²) in [7, 11) is 0. The molecule has 0 saturated carbocycles. The molecule has 0 N–H and O–H groups in total. The maximum atomic E-state index is 6.36. The molecule has 0 aliphatic carbocycles. The van der Waals surface area contributed by atoms with E-state index in [0.29, 0.717) is 26.4 Å². The summed E-state index contributed by atoms with van der Waals surface area (Å²) >= 11 is 0. The Labute approximate surface area is 402 Å². The van der Waals surface area contributed by atoms with E-state index in [-0.39, 0.29) is 24.4 Å². The van der Waals surface area contributed by atoms with E-state index >= 15 is 0 Å². The number of nitrogens with zero attached hydrogens (tertiary/aromatic N) is 4. The molecule has 4 unspecified atom stereocenters. The summed E-state index contributed by atoms with van der Waals surface area (Å²) in [4.78, 5) is 9.89. The Morgan fingerprint density at radius 2 is 0.574 bits per heavy atom. The molecule has 12 nitrogen and oxygen atoms in total. The van der Waals surface area contributed by atoms with Gasteiger partial charge in [-0.1, -0.05) is 72.8 Å². The van der Waals surface area contributed by atoms with E-state index in [1.807, 2.05) is 72.8 Å². The van der Waals surface area contributed by atoms with Crippen molar-refractivity contribution in [2.75, 3.05) is 105 Å². The van der Waals surface area contributed by atoms with Crippen molar-refractivity contribution < 1.29 is 37.9 Å². The number of para-hydroxylation sites is 4. The lowest BCUT2D eigenvalue weighted by Crippen LogP contribution is -2.53. The predicted octanol–water partition coefficient (Wildman–Crippen LogP) is 7.48. The minimum absolute atomic E-state index is 0.0416. The first-order valence-corrected chi connectivity index (χ1v) is 24.4. The molecule has 6 aliphatic rings. The number of ether oxygens (including phenoxy) is 8. The first-order valence-electron chi connectivity index (χ1n) is 24.4. The van der Waals surface area contributed by atoms with Gasteiger partial charge in [-0.25, -0.2) is 0 Å². The highest BCUT2D eigenvalue weighted by Crippen LogP contribution is 2.39. The van der Waals surface area contributed by atoms with Gasteiger partial charge in [0.2, 0.25) is 0 Å². The maximum Gasteiger partial charge on any atom is 0.165 e. The third-order valence-electron chi connectivity index (χ3n) is 13.3. The molecule has 2 fully saturated rings. The van der Waals surface area contributed by atoms with Crippen molar-refractivity contribution in [3.8, 4) is 46.0 Å². The Morgan fingerprint density at radius 1 is 0.353 bits per heavy atom. The van der Waals surface area contributed by atoms with Crippen molar-refractivity contribution in [3.63, 3.8) is 0 Å². The van der Waals surface area contributed by atoms with Gasteiger partial charge in [0.05, 0.1) is 0 Å². The zero-order valence-electron chi connectivity index (χ0n) is 39.6. The topological polar surface area (TPSA) is 86.8 Å². The van der Waals surface area contributed by atoms with Crippen LogP contribution in [0.2, 0.25) is 0 Å². The monoisotopic (exact) mass is 925 g/mol. The predicted molar refractivity (Wildman–Crippen MR) is 267 cm³/mol. The Kier molecular flexibility index (Phi) is 15.9. The second-order valence-electron chi connectivity index (χ2n) is 18.4. The second kappa shape index (κ2) is 22.9. The normalized spacial score (nSPS) is 22.2. The molecule has 10 rings (SSSR count). The summed E-state index contributed by atoms with van der Waals surface area (Å²) in [5.41, 5.74) is 4.54. The summed E-state index contributed by atoms with van der Waals surface area (Å²) in [5, 5.41) is 0. The van der Waals surface area contributed by atoms with Gasteiger partial charge in [0.15, 0.2) is 46.0 Å². The lowest BCUT2D eigenvalue weighted by atomic mass is 10.1. The zero-order chi connectivity index (χ0) is 46.7. The molecule has 360 valence electrons. The Hall–Kier alpha value is -5.92. The fraction of sp³-hybridized carbons (Fsp3) is 0.429. The fourth-order valence-corrected chi connectivity index (χ4v) is 9.85. The Balaban J connectivity index is 0.000000170. The minimum atomic E-state index is 0.0416. The van der Waals surface area contributed by atoms with E-state index < -0.39 is 0 Å². The van der Waals surface area contributed by atoms with Crippen LogP contribution in [0.1, 0.15) is 22.3 Å². The summed E-state index contributed by atoms with van der Waals surface area (Å²) < 4.78 is 49.5. The van der Waals surface area contributed by atoms with E-state index in [4.69, 9.17) is 37.9 Å². The molecule has 0 aromatic heterocycles. The maximum absolute atomic E-state index is 6.36. The molecule has 4 aromatic carbocycles. The van der Waals surface area contributed by atoms with E-state index in [1.54, 1.807) is 0 Å². The van der Waals surface area contributed by atoms with Crippen molar-refractivity contribution in [1.29, 1.82) is 0 Å². The third-order valence-corrected chi connectivity index (χ3v) is 13.3. The molecule has 68 heavy (non-hydrogen) atoms. The van der Waals surface area contributed by atoms with Crippen molar-refractivity contribution >= 4 is 0 Å². The van der Waals surface area contributed by atoms with Crippen LogP contribution in [0.25, 0.3) is 0 Å². The Morgan fingerprint density at radius 3 is 0.779 bits per heavy atom. The highest BCUT2D eigenvalue weighted by Gasteiger charge is 2.32. The first kappa shape index (κ1) is 47.2. The van der Waals surface area contributed by atoms with Gasteiger partial charge >= 0.3 is 0 Å². The number of fused-ring (bicyclic) bond motifs is 4. The van der Waals surface area contributed by atoms with Crippen LogP contribution < -0.4 is 37.9 Å². The lowest BCUT2D eigenvalue weighted by Gasteiger charge is -2.39. The smallest absolute Gasteiger partial charge is 0.165 e. The van der Waals surface area contributed by atoms with Crippen LogP contribution in [-0.4, -0.2) is 149 Å². The van der Waals surface area contributed by atoms with E-state index in [0.717, 1.165) is 172 Å². The van der Waals surface area contributed by atoms with E-state index in [1.165, 1.54) is 0 Å². The van der Waals surface area contributed by atoms with Gasteiger partial charge in [-0.3, -0.25) is 19.6 Å². The fourth-order valence-electron chi connectivity index (χ4n) is 9.85. The van der Waals surface area contributed by atoms with Crippen LogP contribution >= 0.6 is 0 Å². The second-order valence-corrected chi connectivity index (χ2v) is 18.4. The van der Waals surface area contributed by atoms with Gasteiger partial charge < -0.3 is 37.9 Å². The van der Waals surface area contributed by atoms with Crippen LogP contribution in [-0.2, 0) is 25.7 Å². The van der Waals surface area contributed by atoms with Crippen LogP contribution in [0, 0.1) is 0 Å². The van der Waals surface area contributed by atoms with Crippen molar-refractivity contribution in [3.05, 3.63) is 146 Å². The highest BCUT2D eigenvalue weighted by atomic mass is 16.6. The third kappa shape index (κ3) is 11.7. The van der Waals surface area contributed by atoms with E-state index in [2.05, 4.69) is 70.2 Å². The first-order chi connectivity index (χ1) is 33.5. The van der Waals surface area contributed by atoms with Gasteiger partial charge in [-0.2, -0.15) is 0 Å². The average molecular weight is 925 g/mol. The molecule has 6 heterocycles. The molecule has 0 bridgehead atoms. The van der Waals surface area contributed by atoms with Gasteiger partial charge in [0.1, 0.15) is 50.8 Å². The summed E-state index contributed by atoms with van der Waals surface area (Å²) in [6.07, 6.45) is 10.9. The zero-order valence-corrected chi connectivity index (χ0v) is 39.6. The lowest BCUT2D eigenvalue weighted by molar-refractivity contribution is 0.0195. The van der Waals surface area contributed by atoms with Crippen LogP contribution in [0.4, 0.5) is 0 Å². The molecule has 0 spiro atoms. The number of rotatable bonds is 16. The van der Waals surface area contributed by atoms with Crippen molar-refractivity contribution in [1.82, 2.24) is 19.6 Å². The molecule has 4 atom stereocenters. The van der Waals surface area contributed by atoms with Crippen molar-refractivity contribution in [2.24, 2.45) is 0 Å². The SMILES string of the molecule is C=CCc1cccc2c1OC(CN1CCN(CC3COc4cccc(CC=C)c4O3)CC1)CO2.C=CCc1cccc2c1OC(CN1CCN(CC3COc4cccc(CC=C)c4O3)CC1)CO2. The number of hydrogen-bond acceptors (Lipinski definition) is 12. The number of allylic oxidation sites excluding steroid dienone is 4. The van der Waals surface area contributed by atoms with Crippen LogP contribution in [0.15, 0.2) is 123 Å². The van der Waals surface area contributed by atoms with Gasteiger partial charge in [-0.15, -0.1) is 26.3 Å². The summed E-state index contributed by atoms with van der Waals surface area (Å²) in [5.74, 6) is 6.87. The molecule has 6 aliphatic heterocycles. The molecular weight excluding hydrogens is 857 g/mol.